The molecule has 2 N–H and O–H groups in total. The highest BCUT2D eigenvalue weighted by molar-refractivity contribution is 6.30. The molecule has 130 valence electrons. The van der Waals surface area contributed by atoms with Crippen LogP contribution in [0.5, 0.6) is 5.88 Å². The Kier molecular flexibility index (Phi) is 4.37. The summed E-state index contributed by atoms with van der Waals surface area (Å²) < 4.78 is 11.7. The smallest absolute Gasteiger partial charge is 0.364 e. The summed E-state index contributed by atoms with van der Waals surface area (Å²) >= 11 is 5.88. The minimum absolute atomic E-state index is 0.0266. The van der Waals surface area contributed by atoms with Crippen LogP contribution in [-0.4, -0.2) is 26.0 Å². The van der Waals surface area contributed by atoms with Gasteiger partial charge in [0.05, 0.1) is 5.69 Å². The standard InChI is InChI=1S/C16H14ClN3O5/c1-8(24-12-7-11(15(21)22)20(2)18-12)13-14(19-25-16(13)23)9-3-5-10(17)6-4-9/h3-8,19H,1-2H3,(H,21,22). The molecule has 0 aliphatic heterocycles. The van der Waals surface area contributed by atoms with Crippen LogP contribution < -0.4 is 10.4 Å². The quantitative estimate of drug-likeness (QED) is 0.721. The summed E-state index contributed by atoms with van der Waals surface area (Å²) in [5.74, 6) is -1.03. The minimum atomic E-state index is -1.12. The Morgan fingerprint density at radius 1 is 1.40 bits per heavy atom. The second-order valence-corrected chi connectivity index (χ2v) is 5.78. The molecule has 1 aromatic carbocycles. The average molecular weight is 364 g/mol. The number of nitrogens with one attached hydrogen (secondary N) is 1. The van der Waals surface area contributed by atoms with Crippen molar-refractivity contribution in [2.45, 2.75) is 13.0 Å². The number of aromatic amines is 1. The first-order chi connectivity index (χ1) is 11.9. The van der Waals surface area contributed by atoms with Gasteiger partial charge in [0.15, 0.2) is 0 Å². The summed E-state index contributed by atoms with van der Waals surface area (Å²) in [6, 6.07) is 8.14. The van der Waals surface area contributed by atoms with Crippen LogP contribution in [0.15, 0.2) is 39.6 Å². The van der Waals surface area contributed by atoms with Crippen LogP contribution in [0.3, 0.4) is 0 Å². The van der Waals surface area contributed by atoms with E-state index in [1.807, 2.05) is 0 Å². The van der Waals surface area contributed by atoms with E-state index < -0.39 is 17.7 Å². The van der Waals surface area contributed by atoms with Crippen molar-refractivity contribution in [2.24, 2.45) is 7.05 Å². The molecular formula is C16H14ClN3O5. The third kappa shape index (κ3) is 3.29. The van der Waals surface area contributed by atoms with Gasteiger partial charge in [0.1, 0.15) is 17.4 Å². The molecule has 0 saturated carbocycles. The molecule has 1 atom stereocenters. The van der Waals surface area contributed by atoms with E-state index in [-0.39, 0.29) is 17.1 Å². The highest BCUT2D eigenvalue weighted by atomic mass is 35.5. The summed E-state index contributed by atoms with van der Waals surface area (Å²) in [6.45, 7) is 1.65. The number of carboxylic acids is 1. The van der Waals surface area contributed by atoms with Gasteiger partial charge < -0.3 is 14.4 Å². The van der Waals surface area contributed by atoms with E-state index in [4.69, 9.17) is 26.0 Å². The predicted molar refractivity (Wildman–Crippen MR) is 89.0 cm³/mol. The van der Waals surface area contributed by atoms with Crippen molar-refractivity contribution < 1.29 is 19.2 Å². The maximum atomic E-state index is 12.1. The lowest BCUT2D eigenvalue weighted by atomic mass is 10.1. The molecule has 2 heterocycles. The SMILES string of the molecule is CC(Oc1cc(C(=O)O)n(C)n1)c1c(-c2ccc(Cl)cc2)[nH]oc1=O. The second kappa shape index (κ2) is 6.48. The molecule has 0 amide bonds. The van der Waals surface area contributed by atoms with Crippen LogP contribution >= 0.6 is 11.6 Å². The normalized spacial score (nSPS) is 12.1. The molecule has 0 fully saturated rings. The topological polar surface area (TPSA) is 110 Å². The van der Waals surface area contributed by atoms with E-state index >= 15 is 0 Å². The minimum Gasteiger partial charge on any atom is -0.477 e. The van der Waals surface area contributed by atoms with Crippen molar-refractivity contribution in [3.8, 4) is 17.1 Å². The van der Waals surface area contributed by atoms with Gasteiger partial charge in [0.2, 0.25) is 5.88 Å². The van der Waals surface area contributed by atoms with Crippen LogP contribution in [0, 0.1) is 0 Å². The largest absolute Gasteiger partial charge is 0.477 e. The third-order valence-corrected chi connectivity index (χ3v) is 3.90. The first-order valence-electron chi connectivity index (χ1n) is 7.28. The Bertz CT molecular complexity index is 971. The van der Waals surface area contributed by atoms with Crippen molar-refractivity contribution in [3.05, 3.63) is 57.0 Å². The Hall–Kier alpha value is -3.00. The number of ether oxygens (including phenoxy) is 1. The summed E-state index contributed by atoms with van der Waals surface area (Å²) in [4.78, 5) is 23.1. The molecule has 25 heavy (non-hydrogen) atoms. The van der Waals surface area contributed by atoms with E-state index in [2.05, 4.69) is 10.3 Å². The molecule has 1 unspecified atom stereocenters. The first-order valence-corrected chi connectivity index (χ1v) is 7.66. The van der Waals surface area contributed by atoms with Crippen molar-refractivity contribution in [1.29, 1.82) is 0 Å². The Balaban J connectivity index is 1.92. The summed E-state index contributed by atoms with van der Waals surface area (Å²) in [6.07, 6.45) is -0.718. The summed E-state index contributed by atoms with van der Waals surface area (Å²) in [5, 5.41) is 16.2. The van der Waals surface area contributed by atoms with E-state index in [1.165, 1.54) is 17.8 Å². The molecule has 0 bridgehead atoms. The fraction of sp³-hybridized carbons (Fsp3) is 0.188. The number of aryl methyl sites for hydroxylation is 1. The van der Waals surface area contributed by atoms with Gasteiger partial charge in [-0.15, -0.1) is 5.10 Å². The number of rotatable bonds is 5. The van der Waals surface area contributed by atoms with Crippen LogP contribution in [0.4, 0.5) is 0 Å². The number of carboxylic acid groups (broad SMARTS) is 1. The summed E-state index contributed by atoms with van der Waals surface area (Å²) in [7, 11) is 1.49. The predicted octanol–water partition coefficient (Wildman–Crippen LogP) is 2.86. The molecule has 3 aromatic rings. The van der Waals surface area contributed by atoms with E-state index in [1.54, 1.807) is 31.2 Å². The van der Waals surface area contributed by atoms with Crippen LogP contribution in [-0.2, 0) is 7.05 Å². The summed E-state index contributed by atoms with van der Waals surface area (Å²) in [5.41, 5.74) is 0.828. The Labute approximate surface area is 146 Å². The number of aromatic nitrogens is 3. The van der Waals surface area contributed by atoms with Crippen LogP contribution in [0.25, 0.3) is 11.3 Å². The van der Waals surface area contributed by atoms with Crippen LogP contribution in [0.1, 0.15) is 29.1 Å². The third-order valence-electron chi connectivity index (χ3n) is 3.65. The van der Waals surface area contributed by atoms with Gasteiger partial charge >= 0.3 is 11.6 Å². The number of hydrogen-bond donors (Lipinski definition) is 2. The lowest BCUT2D eigenvalue weighted by Gasteiger charge is -2.11. The fourth-order valence-electron chi connectivity index (χ4n) is 2.45. The average Bonchev–Trinajstić information content (AvgIpc) is 3.11. The zero-order chi connectivity index (χ0) is 18.1. The van der Waals surface area contributed by atoms with Gasteiger partial charge in [-0.05, 0) is 19.1 Å². The van der Waals surface area contributed by atoms with Gasteiger partial charge in [0.25, 0.3) is 0 Å². The molecule has 0 spiro atoms. The zero-order valence-electron chi connectivity index (χ0n) is 13.3. The number of carbonyl (C=O) groups is 1. The molecule has 0 saturated heterocycles. The van der Waals surface area contributed by atoms with Crippen molar-refractivity contribution in [1.82, 2.24) is 14.9 Å². The maximum absolute atomic E-state index is 12.1. The molecular weight excluding hydrogens is 350 g/mol. The van der Waals surface area contributed by atoms with Gasteiger partial charge in [-0.2, -0.15) is 0 Å². The van der Waals surface area contributed by atoms with Gasteiger partial charge in [0, 0.05) is 23.7 Å². The van der Waals surface area contributed by atoms with Gasteiger partial charge in [-0.25, -0.2) is 14.7 Å². The lowest BCUT2D eigenvalue weighted by Crippen LogP contribution is -2.13. The fourth-order valence-corrected chi connectivity index (χ4v) is 2.57. The zero-order valence-corrected chi connectivity index (χ0v) is 14.1. The first kappa shape index (κ1) is 16.8. The molecule has 3 rings (SSSR count). The molecule has 2 aromatic heterocycles. The monoisotopic (exact) mass is 363 g/mol. The number of halogens is 1. The van der Waals surface area contributed by atoms with E-state index in [9.17, 15) is 9.59 Å². The molecule has 0 radical (unpaired) electrons. The molecule has 9 heteroatoms. The van der Waals surface area contributed by atoms with Gasteiger partial charge in [-0.3, -0.25) is 4.68 Å². The second-order valence-electron chi connectivity index (χ2n) is 5.34. The lowest BCUT2D eigenvalue weighted by molar-refractivity contribution is 0.0685. The van der Waals surface area contributed by atoms with Gasteiger partial charge in [-0.1, -0.05) is 23.7 Å². The Morgan fingerprint density at radius 3 is 2.68 bits per heavy atom. The maximum Gasteiger partial charge on any atom is 0.364 e. The molecule has 8 nitrogen and oxygen atoms in total. The van der Waals surface area contributed by atoms with Crippen molar-refractivity contribution in [3.63, 3.8) is 0 Å². The number of benzene rings is 1. The highest BCUT2D eigenvalue weighted by Crippen LogP contribution is 2.28. The highest BCUT2D eigenvalue weighted by Gasteiger charge is 2.23. The van der Waals surface area contributed by atoms with E-state index in [0.717, 1.165) is 0 Å². The number of hydrogen-bond acceptors (Lipinski definition) is 5. The molecule has 0 aliphatic carbocycles. The number of nitrogens with zero attached hydrogens (tertiary/aromatic N) is 2. The number of H-pyrrole nitrogens is 1. The van der Waals surface area contributed by atoms with Crippen molar-refractivity contribution >= 4 is 17.6 Å². The van der Waals surface area contributed by atoms with Crippen LogP contribution in [0.2, 0.25) is 5.02 Å². The van der Waals surface area contributed by atoms with E-state index in [0.29, 0.717) is 16.3 Å². The molecule has 0 aliphatic rings. The Morgan fingerprint density at radius 2 is 2.08 bits per heavy atom. The number of aromatic carboxylic acids is 1. The van der Waals surface area contributed by atoms with Crippen molar-refractivity contribution in [2.75, 3.05) is 0 Å².